The fourth-order valence-corrected chi connectivity index (χ4v) is 4.89. The summed E-state index contributed by atoms with van der Waals surface area (Å²) >= 11 is 0. The van der Waals surface area contributed by atoms with E-state index in [0.717, 1.165) is 30.7 Å². The Labute approximate surface area is 218 Å². The molecule has 38 heavy (non-hydrogen) atoms. The summed E-state index contributed by atoms with van der Waals surface area (Å²) in [7, 11) is -3.56. The largest absolute Gasteiger partial charge is 0.454 e. The van der Waals surface area contributed by atoms with Gasteiger partial charge < -0.3 is 14.8 Å². The molecule has 2 N–H and O–H groups in total. The predicted molar refractivity (Wildman–Crippen MR) is 140 cm³/mol. The van der Waals surface area contributed by atoms with E-state index in [9.17, 15) is 17.2 Å². The third-order valence-corrected chi connectivity index (χ3v) is 7.62. The van der Waals surface area contributed by atoms with Gasteiger partial charge in [0, 0.05) is 48.3 Å². The van der Waals surface area contributed by atoms with E-state index < -0.39 is 21.7 Å². The molecule has 0 bridgehead atoms. The first-order valence-electron chi connectivity index (χ1n) is 12.2. The maximum Gasteiger partial charge on any atom is 0.232 e. The maximum absolute atomic E-state index is 14.5. The van der Waals surface area contributed by atoms with Gasteiger partial charge in [0.2, 0.25) is 10.0 Å². The summed E-state index contributed by atoms with van der Waals surface area (Å²) in [5, 5.41) is 12.1. The van der Waals surface area contributed by atoms with Crippen LogP contribution in [-0.2, 0) is 14.8 Å². The average molecular weight is 544 g/mol. The fourth-order valence-electron chi connectivity index (χ4n) is 4.26. The van der Waals surface area contributed by atoms with Gasteiger partial charge in [-0.3, -0.25) is 9.12 Å². The van der Waals surface area contributed by atoms with Crippen LogP contribution in [0.5, 0.6) is 11.5 Å². The van der Waals surface area contributed by atoms with Crippen molar-refractivity contribution in [2.45, 2.75) is 32.7 Å². The molecule has 0 spiro atoms. The Bertz CT molecular complexity index is 1590. The van der Waals surface area contributed by atoms with Crippen molar-refractivity contribution in [3.05, 3.63) is 66.1 Å². The Balaban J connectivity index is 1.63. The molecule has 2 aromatic heterocycles. The first-order valence-corrected chi connectivity index (χ1v) is 13.8. The molecule has 1 fully saturated rings. The second kappa shape index (κ2) is 10.5. The Morgan fingerprint density at radius 3 is 2.58 bits per heavy atom. The molecular weight excluding hydrogens is 516 g/mol. The lowest BCUT2D eigenvalue weighted by molar-refractivity contribution is 0.0905. The van der Waals surface area contributed by atoms with Crippen molar-refractivity contribution >= 4 is 27.0 Å². The van der Waals surface area contributed by atoms with Crippen LogP contribution in [0.3, 0.4) is 0 Å². The molecule has 0 aliphatic carbocycles. The number of benzene rings is 2. The predicted octanol–water partition coefficient (Wildman–Crippen LogP) is 5.13. The highest BCUT2D eigenvalue weighted by atomic mass is 32.2. The van der Waals surface area contributed by atoms with E-state index in [1.165, 1.54) is 19.1 Å². The molecule has 200 valence electrons. The van der Waals surface area contributed by atoms with Crippen molar-refractivity contribution in [2.75, 3.05) is 29.0 Å². The zero-order chi connectivity index (χ0) is 26.9. The van der Waals surface area contributed by atoms with E-state index in [2.05, 4.69) is 20.2 Å². The van der Waals surface area contributed by atoms with Crippen molar-refractivity contribution in [1.82, 2.24) is 14.6 Å². The van der Waals surface area contributed by atoms with Gasteiger partial charge in [-0.05, 0) is 63.1 Å². The van der Waals surface area contributed by atoms with E-state index in [1.54, 1.807) is 18.3 Å². The zero-order valence-corrected chi connectivity index (χ0v) is 21.7. The number of halogens is 2. The minimum atomic E-state index is -3.56. The summed E-state index contributed by atoms with van der Waals surface area (Å²) in [5.41, 5.74) is 2.80. The van der Waals surface area contributed by atoms with Crippen molar-refractivity contribution in [3.8, 4) is 22.6 Å². The molecule has 0 atom stereocenters. The lowest BCUT2D eigenvalue weighted by Crippen LogP contribution is -2.28. The number of hydrogen-bond acceptors (Lipinski definition) is 7. The van der Waals surface area contributed by atoms with Crippen LogP contribution in [0.1, 0.15) is 25.6 Å². The van der Waals surface area contributed by atoms with Gasteiger partial charge in [0.1, 0.15) is 17.4 Å². The molecule has 9 nitrogen and oxygen atoms in total. The summed E-state index contributed by atoms with van der Waals surface area (Å²) in [6.07, 6.45) is 3.47. The Hall–Kier alpha value is -3.77. The lowest BCUT2D eigenvalue weighted by Gasteiger charge is -2.24. The molecule has 0 amide bonds. The highest BCUT2D eigenvalue weighted by Gasteiger charge is 2.20. The summed E-state index contributed by atoms with van der Waals surface area (Å²) in [4.78, 5) is 0. The van der Waals surface area contributed by atoms with E-state index >= 15 is 0 Å². The van der Waals surface area contributed by atoms with Crippen LogP contribution in [0.25, 0.3) is 16.8 Å². The Morgan fingerprint density at radius 1 is 1.08 bits per heavy atom. The molecule has 0 unspecified atom stereocenters. The van der Waals surface area contributed by atoms with Crippen molar-refractivity contribution in [2.24, 2.45) is 0 Å². The zero-order valence-electron chi connectivity index (χ0n) is 20.9. The minimum Gasteiger partial charge on any atom is -0.454 e. The second-order valence-corrected chi connectivity index (χ2v) is 11.0. The standard InChI is InChI=1S/C26H27F2N5O4S/c1-3-38(34,35)32-20-5-7-24(37-25-6-4-18(27)13-22(25)28)21(14-20)17-12-23(29-19-8-10-36-11-9-19)26-31-30-16(2)33(26)15-17/h4-7,12-15,19,29,32H,3,8-11H2,1-2H3. The molecule has 2 aromatic carbocycles. The van der Waals surface area contributed by atoms with E-state index in [-0.39, 0.29) is 23.3 Å². The van der Waals surface area contributed by atoms with Crippen LogP contribution < -0.4 is 14.8 Å². The number of fused-ring (bicyclic) bond motifs is 1. The van der Waals surface area contributed by atoms with Gasteiger partial charge in [-0.15, -0.1) is 10.2 Å². The number of hydrogen-bond donors (Lipinski definition) is 2. The molecule has 4 aromatic rings. The fraction of sp³-hybridized carbons (Fsp3) is 0.308. The number of nitrogens with one attached hydrogen (secondary N) is 2. The second-order valence-electron chi connectivity index (χ2n) is 9.01. The van der Waals surface area contributed by atoms with Crippen LogP contribution in [0.15, 0.2) is 48.7 Å². The molecule has 1 aliphatic heterocycles. The van der Waals surface area contributed by atoms with Gasteiger partial charge in [-0.1, -0.05) is 0 Å². The molecule has 5 rings (SSSR count). The van der Waals surface area contributed by atoms with Crippen LogP contribution in [0.2, 0.25) is 0 Å². The van der Waals surface area contributed by atoms with Crippen molar-refractivity contribution in [3.63, 3.8) is 0 Å². The lowest BCUT2D eigenvalue weighted by atomic mass is 10.0. The quantitative estimate of drug-likeness (QED) is 0.317. The summed E-state index contributed by atoms with van der Waals surface area (Å²) < 4.78 is 68.2. The molecule has 0 saturated carbocycles. The van der Waals surface area contributed by atoms with Crippen LogP contribution in [0, 0.1) is 18.6 Å². The summed E-state index contributed by atoms with van der Waals surface area (Å²) in [5.74, 6) is -0.970. The third kappa shape index (κ3) is 5.55. The SMILES string of the molecule is CCS(=O)(=O)Nc1ccc(Oc2ccc(F)cc2F)c(-c2cc(NC3CCOCC3)c3nnc(C)n3c2)c1. The molecular formula is C26H27F2N5O4S. The number of ether oxygens (including phenoxy) is 2. The average Bonchev–Trinajstić information content (AvgIpc) is 3.27. The number of rotatable bonds is 8. The summed E-state index contributed by atoms with van der Waals surface area (Å²) in [6.45, 7) is 4.66. The number of sulfonamides is 1. The first-order chi connectivity index (χ1) is 18.2. The van der Waals surface area contributed by atoms with Crippen molar-refractivity contribution < 1.29 is 26.7 Å². The summed E-state index contributed by atoms with van der Waals surface area (Å²) in [6, 6.07) is 9.77. The van der Waals surface area contributed by atoms with Gasteiger partial charge in [0.15, 0.2) is 17.2 Å². The molecule has 12 heteroatoms. The molecule has 1 saturated heterocycles. The third-order valence-electron chi connectivity index (χ3n) is 6.31. The number of aromatic nitrogens is 3. The van der Waals surface area contributed by atoms with Gasteiger partial charge >= 0.3 is 0 Å². The highest BCUT2D eigenvalue weighted by molar-refractivity contribution is 7.92. The van der Waals surface area contributed by atoms with Gasteiger partial charge in [0.25, 0.3) is 0 Å². The highest BCUT2D eigenvalue weighted by Crippen LogP contribution is 2.38. The van der Waals surface area contributed by atoms with E-state index in [4.69, 9.17) is 9.47 Å². The Morgan fingerprint density at radius 2 is 1.84 bits per heavy atom. The molecule has 0 radical (unpaired) electrons. The normalized spacial score (nSPS) is 14.5. The maximum atomic E-state index is 14.5. The van der Waals surface area contributed by atoms with E-state index in [1.807, 2.05) is 17.4 Å². The van der Waals surface area contributed by atoms with Gasteiger partial charge in [-0.25, -0.2) is 17.2 Å². The number of aryl methyl sites for hydroxylation is 1. The monoisotopic (exact) mass is 543 g/mol. The number of anilines is 2. The smallest absolute Gasteiger partial charge is 0.232 e. The van der Waals surface area contributed by atoms with Crippen LogP contribution in [0.4, 0.5) is 20.2 Å². The topological polar surface area (TPSA) is 107 Å². The molecule has 1 aliphatic rings. The van der Waals surface area contributed by atoms with Crippen LogP contribution >= 0.6 is 0 Å². The van der Waals surface area contributed by atoms with E-state index in [0.29, 0.717) is 41.5 Å². The Kier molecular flexibility index (Phi) is 7.17. The van der Waals surface area contributed by atoms with Gasteiger partial charge in [-0.2, -0.15) is 0 Å². The minimum absolute atomic E-state index is 0.105. The van der Waals surface area contributed by atoms with Crippen molar-refractivity contribution in [1.29, 1.82) is 0 Å². The first kappa shape index (κ1) is 25.9. The molecule has 3 heterocycles. The van der Waals surface area contributed by atoms with Crippen LogP contribution in [-0.4, -0.2) is 48.0 Å². The van der Waals surface area contributed by atoms with Gasteiger partial charge in [0.05, 0.1) is 11.4 Å². The number of nitrogens with zero attached hydrogens (tertiary/aromatic N) is 3. The number of pyridine rings is 1.